The molecule has 2 aliphatic heterocycles. The van der Waals surface area contributed by atoms with Crippen LogP contribution in [-0.4, -0.2) is 41.4 Å². The molecule has 6 aromatic heterocycles. The van der Waals surface area contributed by atoms with Crippen molar-refractivity contribution in [2.24, 2.45) is 14.1 Å². The Morgan fingerprint density at radius 1 is 0.336 bits per heavy atom. The van der Waals surface area contributed by atoms with Crippen LogP contribution in [0.25, 0.3) is 78.0 Å². The number of nitrogens with zero attached hydrogens (tertiary/aromatic N) is 12. The second-order valence-electron chi connectivity index (χ2n) is 30.3. The first kappa shape index (κ1) is 73.1. The smallest absolute Gasteiger partial charge is 0.294 e. The zero-order valence-electron chi connectivity index (χ0n) is 66.6. The molecule has 0 saturated carbocycles. The highest BCUT2D eigenvalue weighted by Gasteiger charge is 2.42. The molecule has 552 valence electrons. The van der Waals surface area contributed by atoms with Gasteiger partial charge >= 0.3 is 0 Å². The predicted molar refractivity (Wildman–Crippen MR) is 452 cm³/mol. The van der Waals surface area contributed by atoms with Crippen molar-refractivity contribution >= 4 is 89.9 Å². The van der Waals surface area contributed by atoms with E-state index in [0.717, 1.165) is 95.3 Å². The van der Waals surface area contributed by atoms with Gasteiger partial charge in [-0.3, -0.25) is 9.80 Å². The summed E-state index contributed by atoms with van der Waals surface area (Å²) in [6.07, 6.45) is 15.6. The highest BCUT2D eigenvalue weighted by atomic mass is 16.3. The van der Waals surface area contributed by atoms with Crippen molar-refractivity contribution in [1.82, 2.24) is 29.1 Å². The lowest BCUT2D eigenvalue weighted by atomic mass is 9.92. The van der Waals surface area contributed by atoms with Gasteiger partial charge in [-0.1, -0.05) is 185 Å². The molecular weight excluding hydrogens is 1350 g/mol. The fourth-order valence-electron chi connectivity index (χ4n) is 16.7. The van der Waals surface area contributed by atoms with Crippen LogP contribution in [0.15, 0.2) is 253 Å². The average molecular weight is 1450 g/mol. The minimum atomic E-state index is -0.0234. The Hall–Kier alpha value is -12.4. The monoisotopic (exact) mass is 1450 g/mol. The Bertz CT molecular complexity index is 6060. The highest BCUT2D eigenvalue weighted by Crippen LogP contribution is 2.52. The molecule has 18 rings (SSSR count). The van der Waals surface area contributed by atoms with Crippen LogP contribution in [0.3, 0.4) is 0 Å². The number of fused-ring (bicyclic) bond motifs is 8. The third kappa shape index (κ3) is 13.1. The van der Waals surface area contributed by atoms with E-state index in [4.69, 9.17) is 28.8 Å². The minimum Gasteiger partial charge on any atom is -0.454 e. The van der Waals surface area contributed by atoms with E-state index in [1.807, 2.05) is 24.3 Å². The third-order valence-electron chi connectivity index (χ3n) is 21.9. The number of benzene rings is 10. The van der Waals surface area contributed by atoms with E-state index in [2.05, 4.69) is 357 Å². The molecule has 0 N–H and O–H groups in total. The number of aryl methyl sites for hydroxylation is 12. The van der Waals surface area contributed by atoms with E-state index in [1.165, 1.54) is 95.5 Å². The van der Waals surface area contributed by atoms with Crippen molar-refractivity contribution in [1.29, 1.82) is 0 Å². The van der Waals surface area contributed by atoms with Crippen LogP contribution in [-0.2, 0) is 14.1 Å². The summed E-state index contributed by atoms with van der Waals surface area (Å²) in [7, 11) is 4.23. The maximum absolute atomic E-state index is 6.42. The summed E-state index contributed by atoms with van der Waals surface area (Å²) < 4.78 is 21.9. The molecule has 2 aliphatic rings. The minimum absolute atomic E-state index is 0.0221. The summed E-state index contributed by atoms with van der Waals surface area (Å²) in [5.41, 5.74) is 28.3. The zero-order chi connectivity index (χ0) is 77.1. The summed E-state index contributed by atoms with van der Waals surface area (Å²) in [6, 6.07) is 68.4. The number of rotatable bonds is 10. The van der Waals surface area contributed by atoms with Gasteiger partial charge in [0, 0.05) is 63.1 Å². The van der Waals surface area contributed by atoms with Gasteiger partial charge in [0.1, 0.15) is 59.7 Å². The lowest BCUT2D eigenvalue weighted by Crippen LogP contribution is -2.36. The Kier molecular flexibility index (Phi) is 19.9. The topological polar surface area (TPSA) is 108 Å². The van der Waals surface area contributed by atoms with Gasteiger partial charge in [0.15, 0.2) is 34.4 Å². The van der Waals surface area contributed by atoms with Crippen molar-refractivity contribution < 1.29 is 18.0 Å². The van der Waals surface area contributed by atoms with Crippen molar-refractivity contribution in [3.05, 3.63) is 310 Å². The molecule has 0 aliphatic carbocycles. The van der Waals surface area contributed by atoms with Crippen molar-refractivity contribution in [2.45, 2.75) is 135 Å². The van der Waals surface area contributed by atoms with Gasteiger partial charge in [0.2, 0.25) is 0 Å². The van der Waals surface area contributed by atoms with Crippen LogP contribution in [0.4, 0.5) is 46.0 Å². The van der Waals surface area contributed by atoms with Crippen LogP contribution in [0.1, 0.15) is 120 Å². The number of anilines is 8. The molecule has 0 bridgehead atoms. The average Bonchev–Trinajstić information content (AvgIpc) is 1.57. The van der Waals surface area contributed by atoms with Gasteiger partial charge in [-0.25, -0.2) is 29.1 Å². The van der Waals surface area contributed by atoms with E-state index < -0.39 is 0 Å². The van der Waals surface area contributed by atoms with Crippen LogP contribution in [0, 0.1) is 69.2 Å². The molecule has 16 aromatic rings. The standard InChI is InChI=1S/2C27H24N4O.C23H29N2.C19H21N2/c1-16-8-7-9-17(2)23(16)30-19(4)31(27-26(30)28-14-15-29-27)24-18(3)12-13-21-20-10-5-6-11-22(20)32-25(21)24;1-16-13-17(2)15-20(14-16)30-19(4)31(27-26(30)28-11-12-29-27)24-18(3)9-10-22-21-7-5-6-8-23(21)32-25(22)24;1-16(2)19-12-9-13-20(17(3)4)22(19)25-15-14-24(6)23(25)21-11-8-7-10-18(21)5;1-14-8-5-6-11-17(14)19-20(4)12-13-21(19)18-15(2)9-7-10-16(18)3/h2*5-15,19H,1-4H3;7-17H,1-6H3;5-13H,1-4H3/q;;2*+1/t2*19-;;/m11../s1. The third-order valence-corrected chi connectivity index (χ3v) is 21.9. The highest BCUT2D eigenvalue weighted by molar-refractivity contribution is 6.12. The molecule has 110 heavy (non-hydrogen) atoms. The first-order valence-corrected chi connectivity index (χ1v) is 38.3. The Labute approximate surface area is 646 Å². The number of furan rings is 2. The largest absolute Gasteiger partial charge is 0.454 e. The first-order chi connectivity index (χ1) is 53.1. The second kappa shape index (κ2) is 30.0. The summed E-state index contributed by atoms with van der Waals surface area (Å²) in [5.74, 6) is 6.81. The second-order valence-corrected chi connectivity index (χ2v) is 30.3. The summed E-state index contributed by atoms with van der Waals surface area (Å²) >= 11 is 0. The Morgan fingerprint density at radius 2 is 0.682 bits per heavy atom. The molecule has 14 nitrogen and oxygen atoms in total. The molecule has 8 heterocycles. The van der Waals surface area contributed by atoms with Crippen LogP contribution in [0.5, 0.6) is 0 Å². The molecule has 14 heteroatoms. The quantitative estimate of drug-likeness (QED) is 0.123. The Balaban J connectivity index is 0.000000118. The molecule has 0 saturated heterocycles. The fourth-order valence-corrected chi connectivity index (χ4v) is 16.7. The predicted octanol–water partition coefficient (Wildman–Crippen LogP) is 23.3. The number of hydrogen-bond donors (Lipinski definition) is 0. The van der Waals surface area contributed by atoms with E-state index in [0.29, 0.717) is 11.8 Å². The van der Waals surface area contributed by atoms with Gasteiger partial charge in [-0.05, 0) is 187 Å². The van der Waals surface area contributed by atoms with E-state index in [-0.39, 0.29) is 12.3 Å². The van der Waals surface area contributed by atoms with Gasteiger partial charge < -0.3 is 18.6 Å². The van der Waals surface area contributed by atoms with Gasteiger partial charge in [0.05, 0.1) is 42.3 Å². The van der Waals surface area contributed by atoms with E-state index in [1.54, 1.807) is 24.8 Å². The van der Waals surface area contributed by atoms with Gasteiger partial charge in [-0.15, -0.1) is 0 Å². The molecule has 0 unspecified atom stereocenters. The molecular formula is C96H98N12O2+2. The number of hydrogen-bond acceptors (Lipinski definition) is 10. The lowest BCUT2D eigenvalue weighted by Gasteiger charge is -2.31. The molecule has 2 atom stereocenters. The van der Waals surface area contributed by atoms with Crippen LogP contribution in [0.2, 0.25) is 0 Å². The lowest BCUT2D eigenvalue weighted by molar-refractivity contribution is -0.659. The van der Waals surface area contributed by atoms with Crippen LogP contribution >= 0.6 is 0 Å². The van der Waals surface area contributed by atoms with E-state index >= 15 is 0 Å². The molecule has 0 fully saturated rings. The SMILES string of the molecule is Cc1cc(C)cc(N2c3nccnc3N(c3c(C)ccc4c3oc3ccccc34)[C@@H]2C)c1.Cc1cccc(C)c1N1c2nccnc2N(c2c(C)ccc3c2oc2ccccc23)[C@@H]1C.Cc1ccccc1-c1n(-c2c(C(C)C)cccc2C(C)C)cc[n+]1C.Cc1ccccc1-c1n(-c2c(C)cccc2C)cc[n+]1C. The zero-order valence-corrected chi connectivity index (χ0v) is 66.6. The summed E-state index contributed by atoms with van der Waals surface area (Å²) in [4.78, 5) is 28.2. The number of para-hydroxylation sites is 5. The van der Waals surface area contributed by atoms with Gasteiger partial charge in [0.25, 0.3) is 11.6 Å². The van der Waals surface area contributed by atoms with Crippen molar-refractivity contribution in [3.63, 3.8) is 0 Å². The van der Waals surface area contributed by atoms with Gasteiger partial charge in [-0.2, -0.15) is 9.13 Å². The normalized spacial score (nSPS) is 13.8. The maximum atomic E-state index is 6.42. The summed E-state index contributed by atoms with van der Waals surface area (Å²) in [6.45, 7) is 35.0. The molecule has 10 aromatic carbocycles. The summed E-state index contributed by atoms with van der Waals surface area (Å²) in [5, 5.41) is 4.48. The first-order valence-electron chi connectivity index (χ1n) is 38.3. The van der Waals surface area contributed by atoms with Crippen molar-refractivity contribution in [2.75, 3.05) is 19.6 Å². The molecule has 0 spiro atoms. The molecule has 0 amide bonds. The number of imidazole rings is 2. The van der Waals surface area contributed by atoms with Crippen molar-refractivity contribution in [3.8, 4) is 34.2 Å². The van der Waals surface area contributed by atoms with E-state index in [9.17, 15) is 0 Å². The Morgan fingerprint density at radius 3 is 1.11 bits per heavy atom. The molecule has 0 radical (unpaired) electrons. The maximum Gasteiger partial charge on any atom is 0.294 e. The number of aromatic nitrogens is 8. The van der Waals surface area contributed by atoms with Crippen LogP contribution < -0.4 is 28.7 Å². The fraction of sp³-hybridized carbons (Fsp3) is 0.229.